The first-order valence-corrected chi connectivity index (χ1v) is 9.55. The molecule has 0 saturated carbocycles. The van der Waals surface area contributed by atoms with E-state index >= 15 is 0 Å². The van der Waals surface area contributed by atoms with Gasteiger partial charge in [0.2, 0.25) is 0 Å². The number of hydrogen-bond donors (Lipinski definition) is 2. The van der Waals surface area contributed by atoms with E-state index in [2.05, 4.69) is 41.8 Å². The Hall–Kier alpha value is -1.50. The zero-order valence-corrected chi connectivity index (χ0v) is 15.6. The van der Waals surface area contributed by atoms with Crippen LogP contribution in [-0.2, 0) is 11.2 Å². The molecule has 3 rings (SSSR count). The topological polar surface area (TPSA) is 53.6 Å². The fraction of sp³-hybridized carbons (Fsp3) is 0.579. The Bertz CT molecular complexity index is 599. The summed E-state index contributed by atoms with van der Waals surface area (Å²) in [6.45, 7) is 6.41. The van der Waals surface area contributed by atoms with Crippen molar-refractivity contribution in [3.8, 4) is 0 Å². The van der Waals surface area contributed by atoms with Crippen molar-refractivity contribution in [1.82, 2.24) is 15.5 Å². The van der Waals surface area contributed by atoms with Crippen LogP contribution in [0.4, 0.5) is 4.79 Å². The Morgan fingerprint density at radius 3 is 2.68 bits per heavy atom. The molecule has 2 atom stereocenters. The van der Waals surface area contributed by atoms with Crippen molar-refractivity contribution >= 4 is 23.2 Å². The third kappa shape index (κ3) is 4.77. The van der Waals surface area contributed by atoms with Gasteiger partial charge >= 0.3 is 6.03 Å². The van der Waals surface area contributed by atoms with Gasteiger partial charge in [0.25, 0.3) is 0 Å². The van der Waals surface area contributed by atoms with Crippen LogP contribution in [0.5, 0.6) is 0 Å². The summed E-state index contributed by atoms with van der Waals surface area (Å²) in [7, 11) is 0. The zero-order valence-electron chi connectivity index (χ0n) is 14.8. The van der Waals surface area contributed by atoms with Crippen LogP contribution in [0.25, 0.3) is 0 Å². The molecule has 25 heavy (non-hydrogen) atoms. The van der Waals surface area contributed by atoms with Gasteiger partial charge in [-0.05, 0) is 29.9 Å². The fourth-order valence-electron chi connectivity index (χ4n) is 3.47. The summed E-state index contributed by atoms with van der Waals surface area (Å²) in [5, 5.41) is 6.41. The lowest BCUT2D eigenvalue weighted by atomic mass is 9.85. The van der Waals surface area contributed by atoms with Crippen molar-refractivity contribution in [1.29, 1.82) is 0 Å². The van der Waals surface area contributed by atoms with E-state index in [9.17, 15) is 4.79 Å². The number of ether oxygens (including phenoxy) is 1. The molecule has 2 saturated heterocycles. The molecule has 6 heteroatoms. The maximum absolute atomic E-state index is 12.3. The number of piperidine rings is 1. The molecule has 2 amide bonds. The molecule has 2 fully saturated rings. The predicted molar refractivity (Wildman–Crippen MR) is 103 cm³/mol. The summed E-state index contributed by atoms with van der Waals surface area (Å²) in [4.78, 5) is 14.7. The van der Waals surface area contributed by atoms with E-state index in [1.807, 2.05) is 0 Å². The molecule has 1 aromatic rings. The Balaban J connectivity index is 1.56. The first kappa shape index (κ1) is 18.3. The van der Waals surface area contributed by atoms with Crippen LogP contribution in [0.2, 0.25) is 0 Å². The number of morpholine rings is 1. The SMILES string of the molecule is CCc1ccc(C2CNCC(C(=S)NC(=O)N3CCOCC3)C2)cc1. The molecule has 136 valence electrons. The summed E-state index contributed by atoms with van der Waals surface area (Å²) in [5.41, 5.74) is 2.70. The molecular weight excluding hydrogens is 334 g/mol. The predicted octanol–water partition coefficient (Wildman–Crippen LogP) is 2.31. The Morgan fingerprint density at radius 2 is 2.00 bits per heavy atom. The van der Waals surface area contributed by atoms with Crippen LogP contribution in [0, 0.1) is 5.92 Å². The first-order valence-electron chi connectivity index (χ1n) is 9.14. The molecule has 0 radical (unpaired) electrons. The minimum Gasteiger partial charge on any atom is -0.378 e. The van der Waals surface area contributed by atoms with E-state index < -0.39 is 0 Å². The molecule has 2 unspecified atom stereocenters. The minimum absolute atomic E-state index is 0.0947. The van der Waals surface area contributed by atoms with Gasteiger partial charge in [-0.1, -0.05) is 43.4 Å². The number of amides is 2. The van der Waals surface area contributed by atoms with Crippen LogP contribution >= 0.6 is 12.2 Å². The van der Waals surface area contributed by atoms with Crippen LogP contribution in [0.1, 0.15) is 30.4 Å². The van der Waals surface area contributed by atoms with Gasteiger partial charge in [0.15, 0.2) is 0 Å². The number of aryl methyl sites for hydroxylation is 1. The molecule has 2 aliphatic rings. The normalized spacial score (nSPS) is 24.0. The van der Waals surface area contributed by atoms with Crippen molar-refractivity contribution in [2.24, 2.45) is 5.92 Å². The summed E-state index contributed by atoms with van der Waals surface area (Å²) < 4.78 is 5.29. The Kier molecular flexibility index (Phi) is 6.39. The zero-order chi connectivity index (χ0) is 17.6. The minimum atomic E-state index is -0.0947. The number of urea groups is 1. The lowest BCUT2D eigenvalue weighted by molar-refractivity contribution is 0.0543. The van der Waals surface area contributed by atoms with Gasteiger partial charge in [-0.15, -0.1) is 0 Å². The highest BCUT2D eigenvalue weighted by atomic mass is 32.1. The maximum atomic E-state index is 12.3. The number of nitrogens with zero attached hydrogens (tertiary/aromatic N) is 1. The fourth-order valence-corrected chi connectivity index (χ4v) is 3.74. The van der Waals surface area contributed by atoms with Gasteiger partial charge in [-0.25, -0.2) is 4.79 Å². The average molecular weight is 362 g/mol. The maximum Gasteiger partial charge on any atom is 0.322 e. The molecule has 2 N–H and O–H groups in total. The summed E-state index contributed by atoms with van der Waals surface area (Å²) in [5.74, 6) is 0.618. The highest BCUT2D eigenvalue weighted by Gasteiger charge is 2.27. The van der Waals surface area contributed by atoms with Crippen molar-refractivity contribution in [3.05, 3.63) is 35.4 Å². The van der Waals surface area contributed by atoms with Crippen LogP contribution in [0.15, 0.2) is 24.3 Å². The number of carbonyl (C=O) groups is 1. The molecular formula is C19H27N3O2S. The van der Waals surface area contributed by atoms with Crippen LogP contribution < -0.4 is 10.6 Å². The second kappa shape index (κ2) is 8.74. The number of rotatable bonds is 3. The molecule has 0 aliphatic carbocycles. The monoisotopic (exact) mass is 361 g/mol. The summed E-state index contributed by atoms with van der Waals surface area (Å²) in [6.07, 6.45) is 2.03. The van der Waals surface area contributed by atoms with E-state index in [0.717, 1.165) is 25.9 Å². The van der Waals surface area contributed by atoms with Gasteiger partial charge in [-0.3, -0.25) is 0 Å². The third-order valence-corrected chi connectivity index (χ3v) is 5.54. The molecule has 1 aromatic carbocycles. The molecule has 5 nitrogen and oxygen atoms in total. The van der Waals surface area contributed by atoms with Crippen molar-refractivity contribution in [2.75, 3.05) is 39.4 Å². The smallest absolute Gasteiger partial charge is 0.322 e. The molecule has 0 aromatic heterocycles. The highest BCUT2D eigenvalue weighted by molar-refractivity contribution is 7.80. The quantitative estimate of drug-likeness (QED) is 0.812. The largest absolute Gasteiger partial charge is 0.378 e. The van der Waals surface area contributed by atoms with Gasteiger partial charge in [-0.2, -0.15) is 0 Å². The number of hydrogen-bond acceptors (Lipinski definition) is 4. The van der Waals surface area contributed by atoms with E-state index in [4.69, 9.17) is 17.0 Å². The van der Waals surface area contributed by atoms with E-state index in [1.54, 1.807) is 4.90 Å². The molecule has 0 spiro atoms. The average Bonchev–Trinajstić information content (AvgIpc) is 2.68. The first-order chi connectivity index (χ1) is 12.2. The Morgan fingerprint density at radius 1 is 1.28 bits per heavy atom. The van der Waals surface area contributed by atoms with E-state index in [1.165, 1.54) is 11.1 Å². The lowest BCUT2D eigenvalue weighted by Gasteiger charge is -2.32. The number of carbonyl (C=O) groups excluding carboxylic acids is 1. The molecule has 2 heterocycles. The number of benzene rings is 1. The van der Waals surface area contributed by atoms with Crippen molar-refractivity contribution in [3.63, 3.8) is 0 Å². The highest BCUT2D eigenvalue weighted by Crippen LogP contribution is 2.27. The van der Waals surface area contributed by atoms with E-state index in [0.29, 0.717) is 37.2 Å². The standard InChI is InChI=1S/C19H27N3O2S/c1-2-14-3-5-15(6-4-14)16-11-17(13-20-12-16)18(25)21-19(23)22-7-9-24-10-8-22/h3-6,16-17,20H,2,7-13H2,1H3,(H,21,23,25). The molecule has 0 bridgehead atoms. The summed E-state index contributed by atoms with van der Waals surface area (Å²) >= 11 is 5.53. The third-order valence-electron chi connectivity index (χ3n) is 5.11. The van der Waals surface area contributed by atoms with Gasteiger partial charge < -0.3 is 20.3 Å². The number of thiocarbonyl (C=S) groups is 1. The lowest BCUT2D eigenvalue weighted by Crippen LogP contribution is -2.50. The Labute approximate surface area is 155 Å². The van der Waals surface area contributed by atoms with Gasteiger partial charge in [0, 0.05) is 32.1 Å². The van der Waals surface area contributed by atoms with Crippen LogP contribution in [0.3, 0.4) is 0 Å². The summed E-state index contributed by atoms with van der Waals surface area (Å²) in [6, 6.07) is 8.77. The van der Waals surface area contributed by atoms with Crippen molar-refractivity contribution < 1.29 is 9.53 Å². The van der Waals surface area contributed by atoms with E-state index in [-0.39, 0.29) is 11.9 Å². The van der Waals surface area contributed by atoms with Crippen molar-refractivity contribution in [2.45, 2.75) is 25.7 Å². The van der Waals surface area contributed by atoms with Gasteiger partial charge in [0.05, 0.1) is 18.2 Å². The number of nitrogens with one attached hydrogen (secondary N) is 2. The molecule has 2 aliphatic heterocycles. The second-order valence-corrected chi connectivity index (χ2v) is 7.22. The van der Waals surface area contributed by atoms with Crippen LogP contribution in [-0.4, -0.2) is 55.3 Å². The second-order valence-electron chi connectivity index (χ2n) is 6.78. The van der Waals surface area contributed by atoms with Gasteiger partial charge in [0.1, 0.15) is 0 Å².